The Kier molecular flexibility index (Phi) is 4.83. The molecule has 0 fully saturated rings. The first-order valence-corrected chi connectivity index (χ1v) is 12.7. The van der Waals surface area contributed by atoms with E-state index in [1.807, 2.05) is 0 Å². The SMILES string of the molecule is C[Si](C)(C)C#Cc1nn(Cc2c(F)cccc2F)c2nc(N)nc(-n3cccn3)c12. The van der Waals surface area contributed by atoms with Crippen LogP contribution < -0.4 is 5.73 Å². The number of rotatable bonds is 3. The highest BCUT2D eigenvalue weighted by molar-refractivity contribution is 6.83. The Hall–Kier alpha value is -3.58. The lowest BCUT2D eigenvalue weighted by atomic mass is 10.2. The van der Waals surface area contributed by atoms with Crippen molar-refractivity contribution in [1.29, 1.82) is 0 Å². The first-order chi connectivity index (χ1) is 14.2. The van der Waals surface area contributed by atoms with Crippen molar-refractivity contribution in [2.75, 3.05) is 5.73 Å². The van der Waals surface area contributed by atoms with Crippen molar-refractivity contribution in [3.63, 3.8) is 0 Å². The quantitative estimate of drug-likeness (QED) is 0.404. The smallest absolute Gasteiger partial charge is 0.224 e. The van der Waals surface area contributed by atoms with Crippen LogP contribution in [0.5, 0.6) is 0 Å². The molecule has 0 bridgehead atoms. The number of nitrogens with two attached hydrogens (primary N) is 1. The van der Waals surface area contributed by atoms with Crippen molar-refractivity contribution in [2.45, 2.75) is 26.2 Å². The zero-order valence-electron chi connectivity index (χ0n) is 16.7. The summed E-state index contributed by atoms with van der Waals surface area (Å²) in [5.41, 5.74) is 9.81. The molecule has 0 spiro atoms. The van der Waals surface area contributed by atoms with Gasteiger partial charge in [-0.25, -0.2) is 18.1 Å². The molecule has 7 nitrogen and oxygen atoms in total. The average Bonchev–Trinajstić information content (AvgIpc) is 3.31. The normalized spacial score (nSPS) is 11.5. The van der Waals surface area contributed by atoms with Crippen molar-refractivity contribution < 1.29 is 8.78 Å². The van der Waals surface area contributed by atoms with Crippen LogP contribution >= 0.6 is 0 Å². The van der Waals surface area contributed by atoms with Crippen LogP contribution in [0.25, 0.3) is 16.9 Å². The van der Waals surface area contributed by atoms with Gasteiger partial charge in [0.25, 0.3) is 0 Å². The van der Waals surface area contributed by atoms with E-state index in [2.05, 4.69) is 51.3 Å². The summed E-state index contributed by atoms with van der Waals surface area (Å²) in [4.78, 5) is 8.60. The number of anilines is 1. The lowest BCUT2D eigenvalue weighted by molar-refractivity contribution is 0.536. The fourth-order valence-corrected chi connectivity index (χ4v) is 3.40. The molecule has 30 heavy (non-hydrogen) atoms. The molecule has 3 heterocycles. The fourth-order valence-electron chi connectivity index (χ4n) is 2.91. The summed E-state index contributed by atoms with van der Waals surface area (Å²) in [5, 5.41) is 9.26. The Bertz CT molecular complexity index is 1270. The van der Waals surface area contributed by atoms with Gasteiger partial charge < -0.3 is 5.73 Å². The van der Waals surface area contributed by atoms with E-state index in [-0.39, 0.29) is 18.1 Å². The van der Waals surface area contributed by atoms with Crippen LogP contribution in [0.15, 0.2) is 36.7 Å². The predicted octanol–water partition coefficient (Wildman–Crippen LogP) is 3.15. The van der Waals surface area contributed by atoms with Gasteiger partial charge >= 0.3 is 0 Å². The van der Waals surface area contributed by atoms with E-state index < -0.39 is 19.7 Å². The summed E-state index contributed by atoms with van der Waals surface area (Å²) in [6, 6.07) is 5.47. The van der Waals surface area contributed by atoms with Gasteiger partial charge in [-0.2, -0.15) is 20.2 Å². The molecule has 0 radical (unpaired) electrons. The number of aromatic nitrogens is 6. The van der Waals surface area contributed by atoms with E-state index in [4.69, 9.17) is 5.73 Å². The molecule has 0 amide bonds. The van der Waals surface area contributed by atoms with Crippen LogP contribution in [-0.2, 0) is 6.54 Å². The molecule has 0 saturated carbocycles. The molecule has 0 atom stereocenters. The van der Waals surface area contributed by atoms with Gasteiger partial charge in [-0.1, -0.05) is 31.6 Å². The van der Waals surface area contributed by atoms with Crippen molar-refractivity contribution in [2.24, 2.45) is 0 Å². The second kappa shape index (κ2) is 7.35. The standard InChI is InChI=1S/C20H19F2N7Si/c1-30(2,3)11-8-16-17-18(28-10-5-9-24-28)25-20(23)26-19(17)29(27-16)12-13-14(21)6-4-7-15(13)22/h4-7,9-10H,12H2,1-3H3,(H2,23,25,26). The van der Waals surface area contributed by atoms with Gasteiger partial charge in [0.05, 0.1) is 11.9 Å². The maximum absolute atomic E-state index is 14.3. The van der Waals surface area contributed by atoms with E-state index in [0.29, 0.717) is 22.5 Å². The molecule has 0 aliphatic heterocycles. The largest absolute Gasteiger partial charge is 0.368 e. The number of fused-ring (bicyclic) bond motifs is 1. The second-order valence-electron chi connectivity index (χ2n) is 7.76. The molecule has 4 rings (SSSR count). The molecular weight excluding hydrogens is 404 g/mol. The second-order valence-corrected chi connectivity index (χ2v) is 12.5. The van der Waals surface area contributed by atoms with Crippen LogP contribution in [0.1, 0.15) is 11.3 Å². The average molecular weight is 424 g/mol. The maximum Gasteiger partial charge on any atom is 0.224 e. The lowest BCUT2D eigenvalue weighted by Crippen LogP contribution is -2.16. The van der Waals surface area contributed by atoms with E-state index in [9.17, 15) is 8.78 Å². The molecule has 2 N–H and O–H groups in total. The van der Waals surface area contributed by atoms with Gasteiger partial charge in [0.1, 0.15) is 25.4 Å². The van der Waals surface area contributed by atoms with Gasteiger partial charge in [-0.05, 0) is 18.2 Å². The third kappa shape index (κ3) is 3.79. The minimum atomic E-state index is -1.72. The van der Waals surface area contributed by atoms with Crippen molar-refractivity contribution in [1.82, 2.24) is 29.5 Å². The van der Waals surface area contributed by atoms with E-state index in [0.717, 1.165) is 0 Å². The Balaban J connectivity index is 1.99. The zero-order valence-corrected chi connectivity index (χ0v) is 17.7. The highest BCUT2D eigenvalue weighted by atomic mass is 28.3. The van der Waals surface area contributed by atoms with Crippen LogP contribution in [0.2, 0.25) is 19.6 Å². The van der Waals surface area contributed by atoms with Crippen LogP contribution in [0.4, 0.5) is 14.7 Å². The Morgan fingerprint density at radius 2 is 1.83 bits per heavy atom. The van der Waals surface area contributed by atoms with E-state index in [1.165, 1.54) is 27.6 Å². The monoisotopic (exact) mass is 423 g/mol. The number of nitrogens with zero attached hydrogens (tertiary/aromatic N) is 6. The summed E-state index contributed by atoms with van der Waals surface area (Å²) in [7, 11) is -1.72. The number of benzene rings is 1. The van der Waals surface area contributed by atoms with Gasteiger partial charge in [-0.3, -0.25) is 0 Å². The lowest BCUT2D eigenvalue weighted by Gasteiger charge is -2.07. The third-order valence-corrected chi connectivity index (χ3v) is 5.11. The Morgan fingerprint density at radius 3 is 2.47 bits per heavy atom. The van der Waals surface area contributed by atoms with Crippen molar-refractivity contribution in [3.05, 3.63) is 59.6 Å². The predicted molar refractivity (Wildman–Crippen MR) is 113 cm³/mol. The summed E-state index contributed by atoms with van der Waals surface area (Å²) in [5.74, 6) is 2.19. The number of nitrogen functional groups attached to an aromatic ring is 1. The van der Waals surface area contributed by atoms with Crippen LogP contribution in [-0.4, -0.2) is 37.6 Å². The number of hydrogen-bond acceptors (Lipinski definition) is 5. The molecule has 0 aliphatic carbocycles. The summed E-state index contributed by atoms with van der Waals surface area (Å²) < 4.78 is 31.4. The van der Waals surface area contributed by atoms with Gasteiger partial charge in [0.15, 0.2) is 11.5 Å². The van der Waals surface area contributed by atoms with E-state index in [1.54, 1.807) is 18.5 Å². The molecule has 10 heteroatoms. The Morgan fingerprint density at radius 1 is 1.10 bits per heavy atom. The zero-order chi connectivity index (χ0) is 21.5. The van der Waals surface area contributed by atoms with Gasteiger partial charge in [0, 0.05) is 18.0 Å². The first kappa shape index (κ1) is 19.7. The highest BCUT2D eigenvalue weighted by Crippen LogP contribution is 2.25. The van der Waals surface area contributed by atoms with Crippen molar-refractivity contribution in [3.8, 4) is 17.3 Å². The number of halogens is 2. The molecular formula is C20H19F2N7Si. The minimum Gasteiger partial charge on any atom is -0.368 e. The molecule has 1 aromatic carbocycles. The van der Waals surface area contributed by atoms with Crippen LogP contribution in [0.3, 0.4) is 0 Å². The Labute approximate surface area is 172 Å². The highest BCUT2D eigenvalue weighted by Gasteiger charge is 2.21. The summed E-state index contributed by atoms with van der Waals surface area (Å²) in [6.07, 6.45) is 3.32. The minimum absolute atomic E-state index is 0.00661. The molecule has 0 unspecified atom stereocenters. The molecule has 152 valence electrons. The first-order valence-electron chi connectivity index (χ1n) is 9.23. The van der Waals surface area contributed by atoms with Gasteiger partial charge in [-0.15, -0.1) is 5.54 Å². The van der Waals surface area contributed by atoms with Gasteiger partial charge in [0.2, 0.25) is 5.95 Å². The van der Waals surface area contributed by atoms with Crippen molar-refractivity contribution >= 4 is 25.1 Å². The topological polar surface area (TPSA) is 87.4 Å². The molecule has 3 aromatic heterocycles. The van der Waals surface area contributed by atoms with Crippen LogP contribution in [0, 0.1) is 23.1 Å². The van der Waals surface area contributed by atoms with E-state index >= 15 is 0 Å². The number of hydrogen-bond donors (Lipinski definition) is 1. The summed E-state index contributed by atoms with van der Waals surface area (Å²) >= 11 is 0. The molecule has 0 saturated heterocycles. The fraction of sp³-hybridized carbons (Fsp3) is 0.200. The summed E-state index contributed by atoms with van der Waals surface area (Å²) in [6.45, 7) is 6.16. The third-order valence-electron chi connectivity index (χ3n) is 4.24. The molecule has 0 aliphatic rings. The maximum atomic E-state index is 14.3. The molecule has 4 aromatic rings.